The van der Waals surface area contributed by atoms with Crippen LogP contribution in [-0.2, 0) is 7.05 Å². The lowest BCUT2D eigenvalue weighted by Crippen LogP contribution is -2.31. The van der Waals surface area contributed by atoms with Crippen molar-refractivity contribution in [3.05, 3.63) is 59.7 Å². The lowest BCUT2D eigenvalue weighted by molar-refractivity contribution is -0.662. The van der Waals surface area contributed by atoms with Gasteiger partial charge in [-0.2, -0.15) is 0 Å². The minimum Gasteiger partial charge on any atom is -0.232 e. The molecule has 0 saturated carbocycles. The zero-order valence-electron chi connectivity index (χ0n) is 13.4. The van der Waals surface area contributed by atoms with Crippen molar-refractivity contribution in [2.75, 3.05) is 0 Å². The van der Waals surface area contributed by atoms with Crippen LogP contribution in [0.25, 0.3) is 41.6 Å². The van der Waals surface area contributed by atoms with Crippen LogP contribution in [0.4, 0.5) is 0 Å². The summed E-state index contributed by atoms with van der Waals surface area (Å²) in [4.78, 5) is 5.78. The second-order valence-corrected chi connectivity index (χ2v) is 8.24. The van der Waals surface area contributed by atoms with E-state index in [-0.39, 0.29) is 0 Å². The second kappa shape index (κ2) is 5.10. The number of thiophene rings is 2. The molecule has 0 fully saturated rings. The maximum atomic E-state index is 4.66. The first-order chi connectivity index (χ1) is 11.7. The first-order valence-electron chi connectivity index (χ1n) is 7.87. The fourth-order valence-electron chi connectivity index (χ4n) is 3.51. The van der Waals surface area contributed by atoms with Crippen molar-refractivity contribution in [3.8, 4) is 11.3 Å². The first kappa shape index (κ1) is 14.1. The van der Waals surface area contributed by atoms with Crippen LogP contribution >= 0.6 is 22.7 Å². The Morgan fingerprint density at radius 3 is 2.79 bits per heavy atom. The molecule has 0 aliphatic heterocycles. The van der Waals surface area contributed by atoms with Crippen LogP contribution in [0.15, 0.2) is 54.2 Å². The van der Waals surface area contributed by atoms with E-state index in [4.69, 9.17) is 0 Å². The van der Waals surface area contributed by atoms with Gasteiger partial charge in [0.15, 0.2) is 0 Å². The van der Waals surface area contributed by atoms with Gasteiger partial charge in [-0.05, 0) is 45.8 Å². The molecule has 5 aromatic rings. The van der Waals surface area contributed by atoms with Crippen molar-refractivity contribution in [1.29, 1.82) is 0 Å². The van der Waals surface area contributed by atoms with Gasteiger partial charge in [0.25, 0.3) is 6.33 Å². The predicted molar refractivity (Wildman–Crippen MR) is 104 cm³/mol. The summed E-state index contributed by atoms with van der Waals surface area (Å²) >= 11 is 3.59. The van der Waals surface area contributed by atoms with Crippen LogP contribution in [0, 0.1) is 6.92 Å². The van der Waals surface area contributed by atoms with E-state index >= 15 is 0 Å². The van der Waals surface area contributed by atoms with Crippen LogP contribution in [0.2, 0.25) is 0 Å². The van der Waals surface area contributed by atoms with Crippen LogP contribution < -0.4 is 4.57 Å². The Morgan fingerprint density at radius 2 is 1.88 bits per heavy atom. The molecule has 0 N–H and O–H groups in total. The van der Waals surface area contributed by atoms with Gasteiger partial charge in [-0.3, -0.25) is 0 Å². The van der Waals surface area contributed by atoms with Gasteiger partial charge >= 0.3 is 0 Å². The molecular weight excluding hydrogens is 332 g/mol. The molecule has 0 aliphatic rings. The molecule has 0 atom stereocenters. The topological polar surface area (TPSA) is 16.8 Å². The van der Waals surface area contributed by atoms with Crippen LogP contribution in [0.3, 0.4) is 0 Å². The van der Waals surface area contributed by atoms with Gasteiger partial charge < -0.3 is 0 Å². The summed E-state index contributed by atoms with van der Waals surface area (Å²) in [5.74, 6) is 0. The molecule has 4 heteroatoms. The van der Waals surface area contributed by atoms with E-state index in [1.807, 2.05) is 6.33 Å². The smallest absolute Gasteiger partial charge is 0.232 e. The van der Waals surface area contributed by atoms with Crippen molar-refractivity contribution >= 4 is 53.1 Å². The highest BCUT2D eigenvalue weighted by Crippen LogP contribution is 2.41. The van der Waals surface area contributed by atoms with Crippen molar-refractivity contribution in [3.63, 3.8) is 0 Å². The lowest BCUT2D eigenvalue weighted by Gasteiger charge is -2.10. The monoisotopic (exact) mass is 347 g/mol. The van der Waals surface area contributed by atoms with Crippen LogP contribution in [-0.4, -0.2) is 4.98 Å². The first-order valence-corrected chi connectivity index (χ1v) is 9.57. The molecule has 2 nitrogen and oxygen atoms in total. The molecule has 116 valence electrons. The minimum absolute atomic E-state index is 1.12. The third kappa shape index (κ3) is 1.87. The number of fused-ring (bicyclic) bond motifs is 4. The molecule has 0 saturated heterocycles. The largest absolute Gasteiger partial charge is 0.288 e. The number of rotatable bonds is 1. The molecule has 3 heterocycles. The molecule has 0 bridgehead atoms. The third-order valence-electron chi connectivity index (χ3n) is 4.69. The van der Waals surface area contributed by atoms with Gasteiger partial charge in [-0.25, -0.2) is 4.57 Å². The van der Waals surface area contributed by atoms with E-state index < -0.39 is 0 Å². The number of nitrogens with zero attached hydrogens (tertiary/aromatic N) is 2. The van der Waals surface area contributed by atoms with Crippen molar-refractivity contribution in [1.82, 2.24) is 4.98 Å². The van der Waals surface area contributed by atoms with Gasteiger partial charge in [0.2, 0.25) is 4.83 Å². The lowest BCUT2D eigenvalue weighted by atomic mass is 9.96. The normalized spacial score (nSPS) is 11.8. The highest BCUT2D eigenvalue weighted by Gasteiger charge is 2.22. The van der Waals surface area contributed by atoms with Crippen LogP contribution in [0.1, 0.15) is 5.56 Å². The molecule has 24 heavy (non-hydrogen) atoms. The van der Waals surface area contributed by atoms with Gasteiger partial charge in [0.1, 0.15) is 5.69 Å². The number of benzene rings is 2. The predicted octanol–water partition coefficient (Wildman–Crippen LogP) is 5.46. The maximum Gasteiger partial charge on any atom is 0.288 e. The summed E-state index contributed by atoms with van der Waals surface area (Å²) in [6, 6.07) is 15.3. The van der Waals surface area contributed by atoms with Crippen LogP contribution in [0.5, 0.6) is 0 Å². The van der Waals surface area contributed by atoms with E-state index in [1.165, 1.54) is 42.4 Å². The molecule has 0 spiro atoms. The number of aromatic nitrogens is 2. The molecule has 0 amide bonds. The Balaban J connectivity index is 1.95. The fourth-order valence-corrected chi connectivity index (χ4v) is 5.60. The van der Waals surface area contributed by atoms with Crippen molar-refractivity contribution < 1.29 is 4.57 Å². The van der Waals surface area contributed by atoms with E-state index in [0.717, 1.165) is 4.83 Å². The quantitative estimate of drug-likeness (QED) is 0.368. The zero-order valence-corrected chi connectivity index (χ0v) is 15.0. The molecule has 5 rings (SSSR count). The SMILES string of the molecule is Cc1c(-c2c3c(nc[n+]2C)sc2sccc23)ccc2ccccc12. The van der Waals surface area contributed by atoms with E-state index in [0.29, 0.717) is 0 Å². The summed E-state index contributed by atoms with van der Waals surface area (Å²) in [5.41, 5.74) is 3.87. The average Bonchev–Trinajstić information content (AvgIpc) is 3.17. The second-order valence-electron chi connectivity index (χ2n) is 6.07. The Bertz CT molecular complexity index is 1230. The summed E-state index contributed by atoms with van der Waals surface area (Å²) in [5, 5.41) is 7.38. The number of hydrogen-bond donors (Lipinski definition) is 0. The summed E-state index contributed by atoms with van der Waals surface area (Å²) in [6.07, 6.45) is 1.94. The van der Waals surface area contributed by atoms with Crippen molar-refractivity contribution in [2.24, 2.45) is 7.05 Å². The molecular formula is C20H15N2S2+. The van der Waals surface area contributed by atoms with Gasteiger partial charge in [0, 0.05) is 10.9 Å². The van der Waals surface area contributed by atoms with Gasteiger partial charge in [0.05, 0.1) is 16.4 Å². The summed E-state index contributed by atoms with van der Waals surface area (Å²) in [6.45, 7) is 2.22. The van der Waals surface area contributed by atoms with Gasteiger partial charge in [-0.1, -0.05) is 41.7 Å². The Morgan fingerprint density at radius 1 is 1.00 bits per heavy atom. The molecule has 0 unspecified atom stereocenters. The summed E-state index contributed by atoms with van der Waals surface area (Å²) < 4.78 is 3.51. The Kier molecular flexibility index (Phi) is 2.99. The molecule has 2 aromatic carbocycles. The fraction of sp³-hybridized carbons (Fsp3) is 0.100. The average molecular weight is 347 g/mol. The molecule has 3 aromatic heterocycles. The molecule has 0 radical (unpaired) electrons. The summed E-state index contributed by atoms with van der Waals surface area (Å²) in [7, 11) is 2.09. The maximum absolute atomic E-state index is 4.66. The Hall–Kier alpha value is -2.30. The highest BCUT2D eigenvalue weighted by atomic mass is 32.2. The number of aryl methyl sites for hydroxylation is 2. The standard InChI is InChI=1S/C20H15N2S2/c1-12-14-6-4-3-5-13(14)7-8-15(12)18-17-16-9-10-23-20(16)24-19(17)21-11-22(18)2/h3-11H,1-2H3/q+1. The van der Waals surface area contributed by atoms with Crippen molar-refractivity contribution in [2.45, 2.75) is 6.92 Å². The highest BCUT2D eigenvalue weighted by molar-refractivity contribution is 7.40. The molecule has 0 aliphatic carbocycles. The van der Waals surface area contributed by atoms with E-state index in [2.05, 4.69) is 71.4 Å². The number of hydrogen-bond acceptors (Lipinski definition) is 3. The van der Waals surface area contributed by atoms with Gasteiger partial charge in [-0.15, -0.1) is 11.3 Å². The Labute approximate surface area is 147 Å². The minimum atomic E-state index is 1.12. The zero-order chi connectivity index (χ0) is 16.3. The third-order valence-corrected chi connectivity index (χ3v) is 6.85. The van der Waals surface area contributed by atoms with E-state index in [9.17, 15) is 0 Å². The van der Waals surface area contributed by atoms with E-state index in [1.54, 1.807) is 22.7 Å².